The molecule has 3 saturated carbocycles. The molecule has 2 saturated heterocycles. The number of methoxy groups -OCH3 is 2. The second-order valence-electron chi connectivity index (χ2n) is 34.2. The molecule has 5 heterocycles. The molecule has 9 aromatic rings. The number of barbiturate groups is 1. The topological polar surface area (TPSA) is 341 Å². The number of carboxylic acids is 2. The summed E-state index contributed by atoms with van der Waals surface area (Å²) in [6, 6.07) is 62.2. The average Bonchev–Trinajstić information content (AvgIpc) is 1.49. The molecule has 1 spiro atoms. The van der Waals surface area contributed by atoms with Crippen LogP contribution in [0.3, 0.4) is 0 Å². The Kier molecular flexibility index (Phi) is 32.0. The molecule has 2 unspecified atom stereocenters. The van der Waals surface area contributed by atoms with E-state index in [4.69, 9.17) is 30.2 Å². The largest absolute Gasteiger partial charge is 0.504 e. The summed E-state index contributed by atoms with van der Waals surface area (Å²) in [7, 11) is 10.4. The Morgan fingerprint density at radius 2 is 1.34 bits per heavy atom. The number of aromatic hydroxyl groups is 1. The van der Waals surface area contributed by atoms with Crippen molar-refractivity contribution in [1.29, 1.82) is 0 Å². The molecule has 0 radical (unpaired) electrons. The number of amides is 5. The number of piperidine rings is 1. The molecule has 8 aromatic carbocycles. The first-order valence-corrected chi connectivity index (χ1v) is 44.8. The van der Waals surface area contributed by atoms with E-state index in [1.54, 1.807) is 33.3 Å². The number of likely N-dealkylation sites (N-methyl/N-ethyl adjacent to an activating group) is 1. The van der Waals surface area contributed by atoms with E-state index < -0.39 is 80.5 Å². The predicted octanol–water partition coefficient (Wildman–Crippen LogP) is 15.2. The number of allylic oxidation sites excluding steroid dienone is 1. The Bertz CT molecular complexity index is 5210. The summed E-state index contributed by atoms with van der Waals surface area (Å²) in [4.78, 5) is 95.1. The minimum absolute atomic E-state index is 0.0454. The Hall–Kier alpha value is -11.1. The van der Waals surface area contributed by atoms with Crippen molar-refractivity contribution in [3.05, 3.63) is 258 Å². The van der Waals surface area contributed by atoms with Crippen LogP contribution in [-0.2, 0) is 52.2 Å². The fourth-order valence-corrected chi connectivity index (χ4v) is 20.5. The number of carboxylic acid groups (broad SMARTS) is 2. The van der Waals surface area contributed by atoms with Crippen molar-refractivity contribution in [2.75, 3.05) is 79.2 Å². The predicted molar refractivity (Wildman–Crippen MR) is 487 cm³/mol. The summed E-state index contributed by atoms with van der Waals surface area (Å²) in [5, 5.41) is 56.8. The van der Waals surface area contributed by atoms with E-state index in [1.165, 1.54) is 65.0 Å². The first-order chi connectivity index (χ1) is 59.8. The number of hydrogen-bond donors (Lipinski definition) is 8. The molecule has 2 bridgehead atoms. The number of phenolic OH excluding ortho intramolecular Hbond substituents is 1. The Morgan fingerprint density at radius 3 is 1.90 bits per heavy atom. The Labute approximate surface area is 739 Å². The van der Waals surface area contributed by atoms with Crippen LogP contribution in [0.15, 0.2) is 229 Å². The Morgan fingerprint density at radius 1 is 0.720 bits per heavy atom. The molecular weight excluding hydrogens is 1620 g/mol. The second-order valence-corrected chi connectivity index (χ2v) is 36.8. The van der Waals surface area contributed by atoms with Crippen LogP contribution in [-0.4, -0.2) is 189 Å². The van der Waals surface area contributed by atoms with Gasteiger partial charge in [-0.05, 0) is 224 Å². The highest BCUT2D eigenvalue weighted by molar-refractivity contribution is 7.99. The number of hydrogen-bond acceptors (Lipinski definition) is 20. The van der Waals surface area contributed by atoms with Gasteiger partial charge in [0.05, 0.1) is 58.9 Å². The van der Waals surface area contributed by atoms with Gasteiger partial charge in [0.1, 0.15) is 22.7 Å². The van der Waals surface area contributed by atoms with E-state index >= 15 is 0 Å². The number of nitrogens with zero attached hydrogens (tertiary/aromatic N) is 5. The van der Waals surface area contributed by atoms with Gasteiger partial charge in [0, 0.05) is 82.6 Å². The zero-order valence-corrected chi connectivity index (χ0v) is 74.5. The number of carbonyl (C=O) groups excluding carboxylic acids is 5. The maximum absolute atomic E-state index is 12.7. The van der Waals surface area contributed by atoms with E-state index in [0.717, 1.165) is 120 Å². The molecule has 4 aliphatic carbocycles. The maximum Gasteiger partial charge on any atom is 0.337 e. The van der Waals surface area contributed by atoms with Crippen LogP contribution in [0.2, 0.25) is 0 Å². The number of primary amides is 1. The number of para-hydroxylation sites is 2. The van der Waals surface area contributed by atoms with Crippen LogP contribution in [0.1, 0.15) is 153 Å². The number of anilines is 2. The van der Waals surface area contributed by atoms with E-state index in [-0.39, 0.29) is 46.5 Å². The molecule has 9 atom stereocenters. The molecule has 5 fully saturated rings. The highest BCUT2D eigenvalue weighted by Gasteiger charge is 2.73. The summed E-state index contributed by atoms with van der Waals surface area (Å²) >= 11 is 1.87. The number of carbonyl (C=O) groups is 7. The minimum Gasteiger partial charge on any atom is -0.504 e. The number of Topliss-reactive ketones (excluding diaryl/α,β-unsaturated/α-hetero) is 1. The van der Waals surface area contributed by atoms with Crippen LogP contribution in [0.4, 0.5) is 16.2 Å². The molecular formula is C99H118N8O16S2. The van der Waals surface area contributed by atoms with E-state index in [1.807, 2.05) is 153 Å². The van der Waals surface area contributed by atoms with Crippen molar-refractivity contribution >= 4 is 86.2 Å². The number of benzene rings is 8. The fraction of sp³-hybridized carbons (Fsp3) is 0.394. The third-order valence-electron chi connectivity index (χ3n) is 24.8. The molecule has 9 N–H and O–H groups in total. The zero-order valence-electron chi connectivity index (χ0n) is 72.9. The summed E-state index contributed by atoms with van der Waals surface area (Å²) in [5.74, 6) is -0.499. The standard InChI is InChI=1S/C20H23NO4.C17H20N2S.C16H25NO2.C15H15NO2S.C14H14O3.C11H16N2O3.C6H5NO2/c22-13-4-3-12-9-15-20(24)6-5-14(23)18-19(20,16(12)17(13)25-18)7-8-21(15)10-11-1-2-11;1-13(18(2)3)12-19-14-8-4-6-10-16(14)20-17-11-7-5-9-15(17)19;1-17(2)12-14-7-4-5-10-16(14,18)13-8-6-9-15(11-13)19-3;16-14(17)11-19(18)15(12-7-3-1-4-8-12)13-9-5-2-6-10-13;1-9(14(15)16)10-3-4-12-8-13(17-2)6-5-11(12)7-10;1-4-5-11(6-7(2)3)8(14)12-10(16)13-9(11)15;8-6(9)5-2-1-3-7-4-5/h3-4,11,15,18,22,24H,1-2,5-10H2;4-11,13H,12H2,1-3H3;6,8-9,11,14,18H,4-5,7,10,12H2,1-3H3;1-10,15H,11H2,(H2,16,17);3-9H,1-2H3,(H,15,16);4,7H,1,5-6H2,2-3H3,(H2,12,13,14,15,16);1-4H,(H,8,9)/t15-,18+,19+,20-;;14-,16+;;9-;;/m1.1.0../s1. The van der Waals surface area contributed by atoms with Crippen LogP contribution in [0, 0.1) is 23.2 Å². The lowest BCUT2D eigenvalue weighted by molar-refractivity contribution is -0.188. The monoisotopic (exact) mass is 1740 g/mol. The van der Waals surface area contributed by atoms with Gasteiger partial charge >= 0.3 is 18.0 Å². The van der Waals surface area contributed by atoms with Crippen molar-refractivity contribution in [3.63, 3.8) is 0 Å². The van der Waals surface area contributed by atoms with Crippen LogP contribution >= 0.6 is 11.8 Å². The normalized spacial score (nSPS) is 21.5. The third kappa shape index (κ3) is 22.1. The fourth-order valence-electron chi connectivity index (χ4n) is 18.1. The molecule has 17 rings (SSSR count). The summed E-state index contributed by atoms with van der Waals surface area (Å²) < 4.78 is 28.8. The summed E-state index contributed by atoms with van der Waals surface area (Å²) in [5.41, 5.74) is 10.2. The van der Waals surface area contributed by atoms with Crippen LogP contribution < -0.4 is 35.5 Å². The Balaban J connectivity index is 0.000000144. The van der Waals surface area contributed by atoms with Gasteiger partial charge in [-0.25, -0.2) is 9.59 Å². The number of ketones is 1. The zero-order chi connectivity index (χ0) is 90.1. The van der Waals surface area contributed by atoms with Crippen molar-refractivity contribution in [3.8, 4) is 23.0 Å². The van der Waals surface area contributed by atoms with E-state index in [2.05, 4.69) is 125 Å². The number of nitrogens with one attached hydrogen (secondary N) is 2. The van der Waals surface area contributed by atoms with E-state index in [9.17, 15) is 53.1 Å². The molecule has 4 aliphatic heterocycles. The smallest absolute Gasteiger partial charge is 0.337 e. The highest BCUT2D eigenvalue weighted by Crippen LogP contribution is 2.65. The lowest BCUT2D eigenvalue weighted by atomic mass is 9.49. The lowest BCUT2D eigenvalue weighted by Gasteiger charge is -2.62. The van der Waals surface area contributed by atoms with Crippen molar-refractivity contribution < 1.29 is 77.5 Å². The third-order valence-corrected chi connectivity index (χ3v) is 27.6. The van der Waals surface area contributed by atoms with Gasteiger partial charge in [-0.2, -0.15) is 0 Å². The van der Waals surface area contributed by atoms with Crippen molar-refractivity contribution in [1.82, 2.24) is 30.3 Å². The van der Waals surface area contributed by atoms with Gasteiger partial charge in [-0.3, -0.25) is 48.7 Å². The van der Waals surface area contributed by atoms with Gasteiger partial charge in [0.15, 0.2) is 23.4 Å². The number of urea groups is 1. The van der Waals surface area contributed by atoms with Crippen LogP contribution in [0.25, 0.3) is 10.8 Å². The number of rotatable bonds is 22. The number of fused-ring (bicyclic) bond motifs is 3. The number of nitrogens with two attached hydrogens (primary N) is 1. The summed E-state index contributed by atoms with van der Waals surface area (Å²) in [6.45, 7) is 15.2. The van der Waals surface area contributed by atoms with Crippen molar-refractivity contribution in [2.45, 2.75) is 161 Å². The number of aliphatic hydroxyl groups is 2. The number of likely N-dealkylation sites (tertiary alicyclic amines) is 1. The van der Waals surface area contributed by atoms with Gasteiger partial charge in [0.2, 0.25) is 17.7 Å². The number of imide groups is 2. The number of pyridine rings is 1. The number of aromatic carboxylic acids is 1. The van der Waals surface area contributed by atoms with Gasteiger partial charge < -0.3 is 60.2 Å². The molecule has 24 nitrogen and oxygen atoms in total. The first kappa shape index (κ1) is 94.6. The van der Waals surface area contributed by atoms with Gasteiger partial charge in [-0.1, -0.05) is 172 Å². The second kappa shape index (κ2) is 42.3. The minimum atomic E-state index is -1.36. The van der Waals surface area contributed by atoms with Gasteiger partial charge in [0.25, 0.3) is 0 Å². The number of aliphatic carboxylic acids is 1. The number of ether oxygens (including phenoxy) is 3. The van der Waals surface area contributed by atoms with Gasteiger partial charge in [-0.15, -0.1) is 6.58 Å². The first-order valence-electron chi connectivity index (χ1n) is 42.6. The highest BCUT2D eigenvalue weighted by atomic mass is 32.2. The van der Waals surface area contributed by atoms with Crippen molar-refractivity contribution in [2.24, 2.45) is 28.9 Å². The molecule has 8 aliphatic rings. The average molecular weight is 1740 g/mol. The SMILES string of the molecule is C=CCC1(CC(C)C)C(=O)NC(=O)NC1=O.CC(CN1c2ccccc2Sc2ccccc21)N(C)C.COc1ccc2cc([C@H](C)C(=O)O)ccc2c1.COc1cccc([C@@]2(O)CCCC[C@@H]2CN(C)C)c1.NC(=O)CS(=O)C(c1ccccc1)c1ccccc1.O=C(O)c1cccnc1.O=C1CC[C@@]2(O)[C@H]3Cc4ccc(O)c5c4[C@@]2(CCN3CC2CC2)[C@H]1O5. The maximum atomic E-state index is 12.7. The molecule has 26 heteroatoms. The van der Waals surface area contributed by atoms with Crippen LogP contribution in [0.5, 0.6) is 23.0 Å². The molecule has 5 amide bonds. The number of phenols is 1. The molecule has 1 aromatic heterocycles. The molecule has 125 heavy (non-hydrogen) atoms. The van der Waals surface area contributed by atoms with E-state index in [0.29, 0.717) is 37.0 Å². The lowest BCUT2D eigenvalue weighted by Crippen LogP contribution is -2.76. The summed E-state index contributed by atoms with van der Waals surface area (Å²) in [6.07, 6.45) is 13.6. The number of aromatic nitrogens is 1. The quantitative estimate of drug-likeness (QED) is 0.0231. The molecule has 662 valence electrons.